The number of esters is 1. The van der Waals surface area contributed by atoms with Gasteiger partial charge in [-0.05, 0) is 55.8 Å². The van der Waals surface area contributed by atoms with Gasteiger partial charge in [0.2, 0.25) is 5.78 Å². The molecule has 3 aromatic rings. The first-order chi connectivity index (χ1) is 15.4. The molecule has 0 aliphatic heterocycles. The Kier molecular flexibility index (Phi) is 7.56. The summed E-state index contributed by atoms with van der Waals surface area (Å²) in [7, 11) is 0. The lowest BCUT2D eigenvalue weighted by Gasteiger charge is -2.04. The smallest absolute Gasteiger partial charge is 0.434 e. The molecule has 0 saturated carbocycles. The van der Waals surface area contributed by atoms with Crippen LogP contribution in [0.4, 0.5) is 0 Å². The summed E-state index contributed by atoms with van der Waals surface area (Å²) in [6, 6.07) is 13.4. The van der Waals surface area contributed by atoms with Crippen molar-refractivity contribution in [2.45, 2.75) is 20.4 Å². The zero-order valence-corrected chi connectivity index (χ0v) is 18.3. The van der Waals surface area contributed by atoms with Crippen LogP contribution in [0.1, 0.15) is 40.3 Å². The lowest BCUT2D eigenvalue weighted by Crippen LogP contribution is -2.46. The zero-order valence-electron chi connectivity index (χ0n) is 17.6. The van der Waals surface area contributed by atoms with Gasteiger partial charge in [-0.15, -0.1) is 4.68 Å². The maximum absolute atomic E-state index is 12.8. The van der Waals surface area contributed by atoms with Crippen LogP contribution in [0.2, 0.25) is 5.02 Å². The summed E-state index contributed by atoms with van der Waals surface area (Å²) in [6.45, 7) is 3.78. The van der Waals surface area contributed by atoms with E-state index in [1.54, 1.807) is 55.5 Å². The number of carbonyl (C=O) groups is 2. The van der Waals surface area contributed by atoms with Crippen molar-refractivity contribution < 1.29 is 23.7 Å². The number of ether oxygens (including phenoxy) is 2. The van der Waals surface area contributed by atoms with Gasteiger partial charge >= 0.3 is 17.2 Å². The SMILES string of the molecule is CCOC(=O)c1c(=O)n(N=Cc2ccc(Cl)cc2)[nH][n+]1CC(=O)c1ccc(OCC)cc1. The number of rotatable bonds is 9. The molecule has 0 bridgehead atoms. The average molecular weight is 458 g/mol. The van der Waals surface area contributed by atoms with Gasteiger partial charge in [0.1, 0.15) is 5.75 Å². The average Bonchev–Trinajstić information content (AvgIpc) is 3.09. The van der Waals surface area contributed by atoms with E-state index in [0.717, 1.165) is 9.47 Å². The van der Waals surface area contributed by atoms with Crippen molar-refractivity contribution in [1.82, 2.24) is 10.0 Å². The molecule has 10 heteroatoms. The largest absolute Gasteiger partial charge is 0.494 e. The molecular weight excluding hydrogens is 436 g/mol. The normalized spacial score (nSPS) is 11.0. The fourth-order valence-corrected chi connectivity index (χ4v) is 2.95. The van der Waals surface area contributed by atoms with Gasteiger partial charge < -0.3 is 9.47 Å². The van der Waals surface area contributed by atoms with E-state index in [4.69, 9.17) is 21.1 Å². The maximum Gasteiger partial charge on any atom is 0.434 e. The first kappa shape index (κ1) is 23.0. The van der Waals surface area contributed by atoms with Crippen LogP contribution in [0.25, 0.3) is 0 Å². The van der Waals surface area contributed by atoms with Gasteiger partial charge in [0, 0.05) is 15.4 Å². The summed E-state index contributed by atoms with van der Waals surface area (Å²) in [5.74, 6) is -0.535. The quantitative estimate of drug-likeness (QED) is 0.230. The second-order valence-electron chi connectivity index (χ2n) is 6.55. The summed E-state index contributed by atoms with van der Waals surface area (Å²) in [4.78, 5) is 38.8. The summed E-state index contributed by atoms with van der Waals surface area (Å²) in [5.41, 5.74) is 0.00664. The molecule has 0 radical (unpaired) electrons. The van der Waals surface area contributed by atoms with E-state index in [0.29, 0.717) is 28.5 Å². The Balaban J connectivity index is 1.90. The molecule has 0 aliphatic carbocycles. The Morgan fingerprint density at radius 3 is 2.41 bits per heavy atom. The molecule has 9 nitrogen and oxygen atoms in total. The van der Waals surface area contributed by atoms with Crippen LogP contribution < -0.4 is 15.0 Å². The Morgan fingerprint density at radius 2 is 1.78 bits per heavy atom. The Bertz CT molecular complexity index is 1180. The number of ketones is 1. The lowest BCUT2D eigenvalue weighted by atomic mass is 10.1. The van der Waals surface area contributed by atoms with Crippen molar-refractivity contribution in [2.75, 3.05) is 13.2 Å². The van der Waals surface area contributed by atoms with E-state index in [-0.39, 0.29) is 24.6 Å². The van der Waals surface area contributed by atoms with Crippen LogP contribution in [-0.2, 0) is 11.3 Å². The predicted molar refractivity (Wildman–Crippen MR) is 118 cm³/mol. The zero-order chi connectivity index (χ0) is 23.1. The summed E-state index contributed by atoms with van der Waals surface area (Å²) in [5, 5.41) is 7.28. The lowest BCUT2D eigenvalue weighted by molar-refractivity contribution is -0.744. The van der Waals surface area contributed by atoms with Crippen LogP contribution in [-0.4, -0.2) is 41.2 Å². The molecule has 0 spiro atoms. The molecule has 0 fully saturated rings. The van der Waals surface area contributed by atoms with Gasteiger partial charge in [-0.1, -0.05) is 34.0 Å². The maximum atomic E-state index is 12.8. The van der Waals surface area contributed by atoms with E-state index in [1.807, 2.05) is 6.92 Å². The highest BCUT2D eigenvalue weighted by molar-refractivity contribution is 6.30. The van der Waals surface area contributed by atoms with E-state index in [1.165, 1.54) is 6.21 Å². The number of halogens is 1. The van der Waals surface area contributed by atoms with Crippen LogP contribution in [0, 0.1) is 0 Å². The summed E-state index contributed by atoms with van der Waals surface area (Å²) < 4.78 is 11.5. The topological polar surface area (TPSA) is 107 Å². The third kappa shape index (κ3) is 5.50. The van der Waals surface area contributed by atoms with E-state index in [2.05, 4.69) is 10.3 Å². The second-order valence-corrected chi connectivity index (χ2v) is 6.99. The number of carbonyl (C=O) groups excluding carboxylic acids is 2. The third-order valence-electron chi connectivity index (χ3n) is 4.33. The van der Waals surface area contributed by atoms with E-state index >= 15 is 0 Å². The Labute approximate surface area is 188 Å². The first-order valence-electron chi connectivity index (χ1n) is 9.90. The molecule has 0 amide bonds. The van der Waals surface area contributed by atoms with E-state index in [9.17, 15) is 14.4 Å². The van der Waals surface area contributed by atoms with Crippen LogP contribution in [0.5, 0.6) is 5.75 Å². The number of nitrogens with one attached hydrogen (secondary N) is 1. The predicted octanol–water partition coefficient (Wildman–Crippen LogP) is 2.46. The minimum Gasteiger partial charge on any atom is -0.494 e. The van der Waals surface area contributed by atoms with Gasteiger partial charge in [0.15, 0.2) is 6.54 Å². The summed E-state index contributed by atoms with van der Waals surface area (Å²) >= 11 is 5.87. The highest BCUT2D eigenvalue weighted by atomic mass is 35.5. The fraction of sp³-hybridized carbons (Fsp3) is 0.227. The molecular formula is C22H22ClN4O5+. The molecule has 3 rings (SSSR count). The number of benzene rings is 2. The van der Waals surface area contributed by atoms with Gasteiger partial charge in [0.05, 0.1) is 19.4 Å². The number of aromatic nitrogens is 3. The monoisotopic (exact) mass is 457 g/mol. The molecule has 1 N–H and O–H groups in total. The Morgan fingerprint density at radius 1 is 1.09 bits per heavy atom. The van der Waals surface area contributed by atoms with Crippen molar-refractivity contribution in [3.05, 3.63) is 80.7 Å². The number of H-pyrrole nitrogens is 1. The molecule has 32 heavy (non-hydrogen) atoms. The third-order valence-corrected chi connectivity index (χ3v) is 4.58. The standard InChI is InChI=1S/C22H21ClN4O5/c1-3-31-18-11-7-16(8-12-18)19(28)14-26-20(22(30)32-4-2)21(29)27(25-26)24-13-15-5-9-17(23)10-6-15/h5-13H,3-4,14H2,1-2H3/p+1. The van der Waals surface area contributed by atoms with Gasteiger partial charge in [-0.2, -0.15) is 0 Å². The first-order valence-corrected chi connectivity index (χ1v) is 10.3. The molecule has 0 saturated heterocycles. The van der Waals surface area contributed by atoms with E-state index < -0.39 is 11.5 Å². The minimum atomic E-state index is -0.853. The number of hydrogen-bond donors (Lipinski definition) is 1. The van der Waals surface area contributed by atoms with Crippen molar-refractivity contribution in [2.24, 2.45) is 5.10 Å². The fourth-order valence-electron chi connectivity index (χ4n) is 2.83. The molecule has 2 aromatic carbocycles. The molecule has 166 valence electrons. The number of Topliss-reactive ketones (excluding diaryl/α,β-unsaturated/α-hetero) is 1. The molecule has 0 unspecified atom stereocenters. The summed E-state index contributed by atoms with van der Waals surface area (Å²) in [6.07, 6.45) is 1.42. The molecule has 0 aliphatic rings. The second kappa shape index (κ2) is 10.5. The number of aromatic amines is 1. The van der Waals surface area contributed by atoms with Crippen molar-refractivity contribution >= 4 is 29.6 Å². The van der Waals surface area contributed by atoms with Gasteiger partial charge in [0.25, 0.3) is 0 Å². The minimum absolute atomic E-state index is 0.0737. The van der Waals surface area contributed by atoms with Crippen molar-refractivity contribution in [1.29, 1.82) is 0 Å². The van der Waals surface area contributed by atoms with Crippen LogP contribution in [0.15, 0.2) is 58.4 Å². The van der Waals surface area contributed by atoms with Crippen molar-refractivity contribution in [3.63, 3.8) is 0 Å². The number of hydrogen-bond acceptors (Lipinski definition) is 6. The molecule has 0 atom stereocenters. The highest BCUT2D eigenvalue weighted by Crippen LogP contribution is 2.12. The van der Waals surface area contributed by atoms with Crippen LogP contribution in [0.3, 0.4) is 0 Å². The molecule has 1 heterocycles. The molecule has 1 aromatic heterocycles. The highest BCUT2D eigenvalue weighted by Gasteiger charge is 2.31. The van der Waals surface area contributed by atoms with Gasteiger partial charge in [-0.25, -0.2) is 9.59 Å². The van der Waals surface area contributed by atoms with Crippen LogP contribution >= 0.6 is 11.6 Å². The Hall–Kier alpha value is -3.72. The van der Waals surface area contributed by atoms with Gasteiger partial charge in [-0.3, -0.25) is 4.79 Å². The van der Waals surface area contributed by atoms with Crippen molar-refractivity contribution in [3.8, 4) is 5.75 Å². The number of nitrogens with zero attached hydrogens (tertiary/aromatic N) is 3.